The normalized spacial score (nSPS) is 10.9. The van der Waals surface area contributed by atoms with Gasteiger partial charge in [0.15, 0.2) is 0 Å². The maximum atomic E-state index is 9.65. The Hall–Kier alpha value is -1.46. The molecule has 1 aromatic carbocycles. The molecule has 0 atom stereocenters. The van der Waals surface area contributed by atoms with E-state index in [2.05, 4.69) is 25.9 Å². The van der Waals surface area contributed by atoms with Gasteiger partial charge in [-0.15, -0.1) is 11.3 Å². The second-order valence-corrected chi connectivity index (χ2v) is 5.41. The van der Waals surface area contributed by atoms with E-state index >= 15 is 0 Å². The van der Waals surface area contributed by atoms with Crippen molar-refractivity contribution < 1.29 is 5.11 Å². The fraction of sp³-hybridized carbons (Fsp3) is 0. The molecule has 3 nitrogen and oxygen atoms in total. The number of nitrogens with zero attached hydrogens (tertiary/aromatic N) is 2. The summed E-state index contributed by atoms with van der Waals surface area (Å²) in [6.45, 7) is 0. The number of fused-ring (bicyclic) bond motifs is 1. The van der Waals surface area contributed by atoms with Crippen molar-refractivity contribution >= 4 is 37.5 Å². The third-order valence-electron chi connectivity index (χ3n) is 2.38. The minimum atomic E-state index is 0.222. The van der Waals surface area contributed by atoms with Crippen LogP contribution < -0.4 is 0 Å². The van der Waals surface area contributed by atoms with Crippen molar-refractivity contribution in [2.75, 3.05) is 0 Å². The zero-order valence-corrected chi connectivity index (χ0v) is 11.0. The summed E-state index contributed by atoms with van der Waals surface area (Å²) in [4.78, 5) is 8.52. The first-order chi connectivity index (χ1) is 8.24. The van der Waals surface area contributed by atoms with Gasteiger partial charge in [-0.05, 0) is 34.1 Å². The van der Waals surface area contributed by atoms with Gasteiger partial charge in [-0.25, -0.2) is 4.98 Å². The van der Waals surface area contributed by atoms with Gasteiger partial charge in [-0.3, -0.25) is 4.98 Å². The maximum absolute atomic E-state index is 9.65. The Bertz CT molecular complexity index is 663. The number of aromatic hydroxyl groups is 1. The van der Waals surface area contributed by atoms with E-state index in [1.54, 1.807) is 29.8 Å². The minimum absolute atomic E-state index is 0.222. The first-order valence-electron chi connectivity index (χ1n) is 4.93. The average molecular weight is 307 g/mol. The van der Waals surface area contributed by atoms with Crippen LogP contribution in [0.1, 0.15) is 0 Å². The van der Waals surface area contributed by atoms with Crippen LogP contribution >= 0.6 is 27.3 Å². The highest BCUT2D eigenvalue weighted by molar-refractivity contribution is 9.10. The zero-order chi connectivity index (χ0) is 11.8. The third-order valence-corrected chi connectivity index (χ3v) is 4.14. The average Bonchev–Trinajstić information content (AvgIpc) is 2.76. The molecule has 0 saturated heterocycles. The van der Waals surface area contributed by atoms with Crippen molar-refractivity contribution in [3.05, 3.63) is 41.1 Å². The third kappa shape index (κ3) is 1.92. The van der Waals surface area contributed by atoms with Gasteiger partial charge in [0.25, 0.3) is 0 Å². The van der Waals surface area contributed by atoms with Gasteiger partial charge >= 0.3 is 0 Å². The van der Waals surface area contributed by atoms with Crippen LogP contribution in [0.5, 0.6) is 5.75 Å². The lowest BCUT2D eigenvalue weighted by atomic mass is 10.2. The Kier molecular flexibility index (Phi) is 2.57. The first kappa shape index (κ1) is 10.7. The fourth-order valence-corrected chi connectivity index (χ4v) is 2.72. The van der Waals surface area contributed by atoms with E-state index in [1.807, 2.05) is 18.2 Å². The molecule has 0 aliphatic carbocycles. The van der Waals surface area contributed by atoms with Crippen molar-refractivity contribution in [2.24, 2.45) is 0 Å². The smallest absolute Gasteiger partial charge is 0.130 e. The van der Waals surface area contributed by atoms with Crippen molar-refractivity contribution in [3.63, 3.8) is 0 Å². The zero-order valence-electron chi connectivity index (χ0n) is 8.59. The van der Waals surface area contributed by atoms with Gasteiger partial charge in [-0.1, -0.05) is 6.07 Å². The lowest BCUT2D eigenvalue weighted by Crippen LogP contribution is -1.77. The van der Waals surface area contributed by atoms with E-state index < -0.39 is 0 Å². The first-order valence-corrected chi connectivity index (χ1v) is 6.54. The molecule has 84 valence electrons. The fourth-order valence-electron chi connectivity index (χ4n) is 1.55. The topological polar surface area (TPSA) is 46.0 Å². The monoisotopic (exact) mass is 306 g/mol. The lowest BCUT2D eigenvalue weighted by molar-refractivity contribution is 0.472. The Morgan fingerprint density at radius 3 is 2.88 bits per heavy atom. The molecule has 5 heteroatoms. The van der Waals surface area contributed by atoms with Gasteiger partial charge in [0, 0.05) is 11.8 Å². The van der Waals surface area contributed by atoms with Gasteiger partial charge in [0.2, 0.25) is 0 Å². The summed E-state index contributed by atoms with van der Waals surface area (Å²) < 4.78 is 1.78. The molecule has 2 heterocycles. The molecule has 0 saturated carbocycles. The summed E-state index contributed by atoms with van der Waals surface area (Å²) in [5.74, 6) is 0.222. The number of benzene rings is 1. The second kappa shape index (κ2) is 4.09. The maximum Gasteiger partial charge on any atom is 0.130 e. The SMILES string of the molecule is Oc1cc(-c2nc3cnccc3s2)ccc1Br. The van der Waals surface area contributed by atoms with Crippen LogP contribution in [-0.2, 0) is 0 Å². The summed E-state index contributed by atoms with van der Waals surface area (Å²) in [6.07, 6.45) is 3.50. The summed E-state index contributed by atoms with van der Waals surface area (Å²) >= 11 is 4.85. The number of phenolic OH excluding ortho intramolecular Hbond substituents is 1. The molecule has 2 aromatic heterocycles. The van der Waals surface area contributed by atoms with Crippen LogP contribution in [0.15, 0.2) is 41.1 Å². The van der Waals surface area contributed by atoms with E-state index in [1.165, 1.54) is 0 Å². The number of rotatable bonds is 1. The number of aromatic nitrogens is 2. The van der Waals surface area contributed by atoms with Crippen molar-refractivity contribution in [2.45, 2.75) is 0 Å². The predicted octanol–water partition coefficient (Wildman–Crippen LogP) is 3.83. The molecule has 0 radical (unpaired) electrons. The molecule has 0 amide bonds. The molecule has 0 unspecified atom stereocenters. The largest absolute Gasteiger partial charge is 0.507 e. The number of pyridine rings is 1. The Labute approximate surface area is 110 Å². The molecule has 0 aliphatic heterocycles. The summed E-state index contributed by atoms with van der Waals surface area (Å²) in [5, 5.41) is 10.5. The molecular weight excluding hydrogens is 300 g/mol. The van der Waals surface area contributed by atoms with Gasteiger partial charge < -0.3 is 5.11 Å². The molecular formula is C12H7BrN2OS. The Morgan fingerprint density at radius 2 is 2.12 bits per heavy atom. The summed E-state index contributed by atoms with van der Waals surface area (Å²) in [5.41, 5.74) is 1.79. The highest BCUT2D eigenvalue weighted by atomic mass is 79.9. The molecule has 0 bridgehead atoms. The van der Waals surface area contributed by atoms with Crippen molar-refractivity contribution in [1.82, 2.24) is 9.97 Å². The minimum Gasteiger partial charge on any atom is -0.507 e. The van der Waals surface area contributed by atoms with Crippen LogP contribution in [0.2, 0.25) is 0 Å². The van der Waals surface area contributed by atoms with Crippen LogP contribution in [0, 0.1) is 0 Å². The molecule has 0 spiro atoms. The van der Waals surface area contributed by atoms with Gasteiger partial charge in [-0.2, -0.15) is 0 Å². The molecule has 1 N–H and O–H groups in total. The van der Waals surface area contributed by atoms with E-state index in [9.17, 15) is 5.11 Å². The molecule has 3 aromatic rings. The van der Waals surface area contributed by atoms with Crippen LogP contribution in [0.4, 0.5) is 0 Å². The van der Waals surface area contributed by atoms with Crippen LogP contribution in [-0.4, -0.2) is 15.1 Å². The Morgan fingerprint density at radius 1 is 1.24 bits per heavy atom. The standard InChI is InChI=1S/C12H7BrN2OS/c13-8-2-1-7(5-10(8)16)12-15-9-6-14-4-3-11(9)17-12/h1-6,16H. The van der Waals surface area contributed by atoms with Crippen molar-refractivity contribution in [3.8, 4) is 16.3 Å². The Balaban J connectivity index is 2.17. The molecule has 0 fully saturated rings. The van der Waals surface area contributed by atoms with Gasteiger partial charge in [0.1, 0.15) is 16.3 Å². The highest BCUT2D eigenvalue weighted by Gasteiger charge is 2.07. The number of hydrogen-bond donors (Lipinski definition) is 1. The molecule has 17 heavy (non-hydrogen) atoms. The number of phenols is 1. The molecule has 0 aliphatic rings. The second-order valence-electron chi connectivity index (χ2n) is 3.53. The molecule has 3 rings (SSSR count). The summed E-state index contributed by atoms with van der Waals surface area (Å²) in [7, 11) is 0. The lowest BCUT2D eigenvalue weighted by Gasteiger charge is -1.99. The van der Waals surface area contributed by atoms with Gasteiger partial charge in [0.05, 0.1) is 15.4 Å². The number of halogens is 1. The van der Waals surface area contributed by atoms with Crippen LogP contribution in [0.25, 0.3) is 20.8 Å². The van der Waals surface area contributed by atoms with E-state index in [4.69, 9.17) is 0 Å². The van der Waals surface area contributed by atoms with Crippen molar-refractivity contribution in [1.29, 1.82) is 0 Å². The highest BCUT2D eigenvalue weighted by Crippen LogP contribution is 2.33. The van der Waals surface area contributed by atoms with E-state index in [0.29, 0.717) is 4.47 Å². The van der Waals surface area contributed by atoms with E-state index in [0.717, 1.165) is 20.8 Å². The number of hydrogen-bond acceptors (Lipinski definition) is 4. The predicted molar refractivity (Wildman–Crippen MR) is 72.2 cm³/mol. The van der Waals surface area contributed by atoms with E-state index in [-0.39, 0.29) is 5.75 Å². The number of thiazole rings is 1. The summed E-state index contributed by atoms with van der Waals surface area (Å²) in [6, 6.07) is 7.38. The van der Waals surface area contributed by atoms with Crippen LogP contribution in [0.3, 0.4) is 0 Å². The quantitative estimate of drug-likeness (QED) is 0.743.